The molecule has 0 aliphatic heterocycles. The van der Waals surface area contributed by atoms with E-state index in [1.54, 1.807) is 0 Å². The standard InChI is InChI=1S/C17H19NO2/c1-2-20-17(15-11-7-4-8-12-15)18-16(19)13-14-9-5-3-6-10-14/h3-12,17H,2,13H2,1H3,(H,18,19). The summed E-state index contributed by atoms with van der Waals surface area (Å²) in [5.74, 6) is -0.0431. The van der Waals surface area contributed by atoms with Crippen LogP contribution in [-0.2, 0) is 16.0 Å². The highest BCUT2D eigenvalue weighted by Gasteiger charge is 2.14. The Morgan fingerprint density at radius 2 is 1.65 bits per heavy atom. The van der Waals surface area contributed by atoms with Gasteiger partial charge in [0.2, 0.25) is 5.91 Å². The van der Waals surface area contributed by atoms with Crippen molar-refractivity contribution in [1.82, 2.24) is 5.32 Å². The maximum absolute atomic E-state index is 12.1. The van der Waals surface area contributed by atoms with Crippen LogP contribution in [0.2, 0.25) is 0 Å². The van der Waals surface area contributed by atoms with Crippen LogP contribution in [0.1, 0.15) is 24.3 Å². The van der Waals surface area contributed by atoms with E-state index in [1.165, 1.54) is 0 Å². The lowest BCUT2D eigenvalue weighted by Gasteiger charge is -2.19. The second kappa shape index (κ2) is 7.46. The van der Waals surface area contributed by atoms with Crippen molar-refractivity contribution >= 4 is 5.91 Å². The van der Waals surface area contributed by atoms with Crippen molar-refractivity contribution < 1.29 is 9.53 Å². The molecule has 0 spiro atoms. The van der Waals surface area contributed by atoms with Gasteiger partial charge in [0.15, 0.2) is 6.23 Å². The maximum Gasteiger partial charge on any atom is 0.226 e. The first-order valence-electron chi connectivity index (χ1n) is 6.79. The molecule has 0 saturated heterocycles. The zero-order valence-corrected chi connectivity index (χ0v) is 11.6. The first-order valence-corrected chi connectivity index (χ1v) is 6.79. The lowest BCUT2D eigenvalue weighted by Crippen LogP contribution is -2.31. The highest BCUT2D eigenvalue weighted by atomic mass is 16.5. The summed E-state index contributed by atoms with van der Waals surface area (Å²) < 4.78 is 5.60. The molecular weight excluding hydrogens is 250 g/mol. The summed E-state index contributed by atoms with van der Waals surface area (Å²) in [6, 6.07) is 19.4. The molecule has 1 unspecified atom stereocenters. The van der Waals surface area contributed by atoms with E-state index >= 15 is 0 Å². The number of nitrogens with one attached hydrogen (secondary N) is 1. The highest BCUT2D eigenvalue weighted by molar-refractivity contribution is 5.78. The summed E-state index contributed by atoms with van der Waals surface area (Å²) in [7, 11) is 0. The lowest BCUT2D eigenvalue weighted by molar-refractivity contribution is -0.125. The zero-order chi connectivity index (χ0) is 14.2. The molecule has 0 radical (unpaired) electrons. The minimum absolute atomic E-state index is 0.0431. The van der Waals surface area contributed by atoms with Crippen molar-refractivity contribution in [2.45, 2.75) is 19.6 Å². The van der Waals surface area contributed by atoms with Crippen molar-refractivity contribution in [2.75, 3.05) is 6.61 Å². The van der Waals surface area contributed by atoms with Crippen LogP contribution in [0.15, 0.2) is 60.7 Å². The van der Waals surface area contributed by atoms with Gasteiger partial charge in [-0.05, 0) is 12.5 Å². The van der Waals surface area contributed by atoms with E-state index in [9.17, 15) is 4.79 Å². The fourth-order valence-electron chi connectivity index (χ4n) is 1.99. The number of benzene rings is 2. The molecule has 0 bridgehead atoms. The molecule has 3 heteroatoms. The van der Waals surface area contributed by atoms with Gasteiger partial charge in [-0.3, -0.25) is 4.79 Å². The van der Waals surface area contributed by atoms with E-state index in [1.807, 2.05) is 67.6 Å². The Morgan fingerprint density at radius 3 is 2.25 bits per heavy atom. The number of carbonyl (C=O) groups is 1. The highest BCUT2D eigenvalue weighted by Crippen LogP contribution is 2.14. The van der Waals surface area contributed by atoms with E-state index in [-0.39, 0.29) is 5.91 Å². The average Bonchev–Trinajstić information content (AvgIpc) is 2.49. The predicted molar refractivity (Wildman–Crippen MR) is 79.1 cm³/mol. The summed E-state index contributed by atoms with van der Waals surface area (Å²) in [5.41, 5.74) is 1.95. The fourth-order valence-corrected chi connectivity index (χ4v) is 1.99. The molecule has 1 N–H and O–H groups in total. The number of hydrogen-bond acceptors (Lipinski definition) is 2. The molecule has 2 aromatic carbocycles. The van der Waals surface area contributed by atoms with E-state index in [0.717, 1.165) is 11.1 Å². The Morgan fingerprint density at radius 1 is 1.05 bits per heavy atom. The largest absolute Gasteiger partial charge is 0.354 e. The Labute approximate surface area is 119 Å². The molecule has 0 heterocycles. The smallest absolute Gasteiger partial charge is 0.226 e. The van der Waals surface area contributed by atoms with E-state index in [4.69, 9.17) is 4.74 Å². The number of amides is 1. The van der Waals surface area contributed by atoms with Crippen LogP contribution in [0.3, 0.4) is 0 Å². The second-order valence-electron chi connectivity index (χ2n) is 4.48. The van der Waals surface area contributed by atoms with Gasteiger partial charge in [0.25, 0.3) is 0 Å². The van der Waals surface area contributed by atoms with Crippen LogP contribution in [0.5, 0.6) is 0 Å². The van der Waals surface area contributed by atoms with Crippen LogP contribution in [0.25, 0.3) is 0 Å². The number of ether oxygens (including phenoxy) is 1. The third kappa shape index (κ3) is 4.21. The minimum atomic E-state index is -0.391. The monoisotopic (exact) mass is 269 g/mol. The first-order chi connectivity index (χ1) is 9.79. The molecule has 3 nitrogen and oxygen atoms in total. The lowest BCUT2D eigenvalue weighted by atomic mass is 10.1. The molecule has 0 fully saturated rings. The average molecular weight is 269 g/mol. The quantitative estimate of drug-likeness (QED) is 0.818. The van der Waals surface area contributed by atoms with Crippen molar-refractivity contribution in [1.29, 1.82) is 0 Å². The molecule has 104 valence electrons. The Hall–Kier alpha value is -2.13. The van der Waals surface area contributed by atoms with Crippen LogP contribution in [0, 0.1) is 0 Å². The molecular formula is C17H19NO2. The molecule has 1 atom stereocenters. The second-order valence-corrected chi connectivity index (χ2v) is 4.48. The molecule has 2 rings (SSSR count). The minimum Gasteiger partial charge on any atom is -0.354 e. The van der Waals surface area contributed by atoms with Gasteiger partial charge >= 0.3 is 0 Å². The molecule has 1 amide bonds. The first kappa shape index (κ1) is 14.3. The molecule has 0 aliphatic carbocycles. The van der Waals surface area contributed by atoms with Crippen molar-refractivity contribution in [3.8, 4) is 0 Å². The van der Waals surface area contributed by atoms with Gasteiger partial charge in [0, 0.05) is 12.2 Å². The summed E-state index contributed by atoms with van der Waals surface area (Å²) in [4.78, 5) is 12.1. The molecule has 0 saturated carbocycles. The zero-order valence-electron chi connectivity index (χ0n) is 11.6. The van der Waals surface area contributed by atoms with E-state index in [0.29, 0.717) is 13.0 Å². The van der Waals surface area contributed by atoms with Gasteiger partial charge in [-0.15, -0.1) is 0 Å². The van der Waals surface area contributed by atoms with E-state index < -0.39 is 6.23 Å². The van der Waals surface area contributed by atoms with Gasteiger partial charge in [0.05, 0.1) is 6.42 Å². The fraction of sp³-hybridized carbons (Fsp3) is 0.235. The van der Waals surface area contributed by atoms with Crippen molar-refractivity contribution in [3.05, 3.63) is 71.8 Å². The van der Waals surface area contributed by atoms with Crippen LogP contribution < -0.4 is 5.32 Å². The molecule has 20 heavy (non-hydrogen) atoms. The van der Waals surface area contributed by atoms with Gasteiger partial charge in [-0.1, -0.05) is 60.7 Å². The van der Waals surface area contributed by atoms with Gasteiger partial charge in [0.1, 0.15) is 0 Å². The van der Waals surface area contributed by atoms with Gasteiger partial charge in [-0.25, -0.2) is 0 Å². The summed E-state index contributed by atoms with van der Waals surface area (Å²) in [6.45, 7) is 2.46. The summed E-state index contributed by atoms with van der Waals surface area (Å²) in [6.07, 6.45) is -0.0329. The Bertz CT molecular complexity index is 525. The van der Waals surface area contributed by atoms with Gasteiger partial charge in [-0.2, -0.15) is 0 Å². The molecule has 0 aliphatic rings. The van der Waals surface area contributed by atoms with Crippen LogP contribution in [0.4, 0.5) is 0 Å². The van der Waals surface area contributed by atoms with Crippen molar-refractivity contribution in [3.63, 3.8) is 0 Å². The Kier molecular flexibility index (Phi) is 5.33. The van der Waals surface area contributed by atoms with Crippen LogP contribution in [-0.4, -0.2) is 12.5 Å². The van der Waals surface area contributed by atoms with Gasteiger partial charge < -0.3 is 10.1 Å². The third-order valence-electron chi connectivity index (χ3n) is 2.94. The normalized spacial score (nSPS) is 11.8. The SMILES string of the molecule is CCOC(NC(=O)Cc1ccccc1)c1ccccc1. The third-order valence-corrected chi connectivity index (χ3v) is 2.94. The number of hydrogen-bond donors (Lipinski definition) is 1. The predicted octanol–water partition coefficient (Wildman–Crippen LogP) is 3.08. The van der Waals surface area contributed by atoms with Crippen LogP contribution >= 0.6 is 0 Å². The Balaban J connectivity index is 1.99. The maximum atomic E-state index is 12.1. The summed E-state index contributed by atoms with van der Waals surface area (Å²) in [5, 5.41) is 2.92. The van der Waals surface area contributed by atoms with Crippen molar-refractivity contribution in [2.24, 2.45) is 0 Å². The number of rotatable bonds is 6. The number of carbonyl (C=O) groups excluding carboxylic acids is 1. The molecule has 0 aromatic heterocycles. The molecule has 2 aromatic rings. The van der Waals surface area contributed by atoms with E-state index in [2.05, 4.69) is 5.32 Å². The topological polar surface area (TPSA) is 38.3 Å². The summed E-state index contributed by atoms with van der Waals surface area (Å²) >= 11 is 0.